The Morgan fingerprint density at radius 1 is 1.23 bits per heavy atom. The monoisotopic (exact) mass is 302 g/mol. The van der Waals surface area contributed by atoms with Crippen molar-refractivity contribution in [3.05, 3.63) is 30.3 Å². The van der Waals surface area contributed by atoms with Gasteiger partial charge in [-0.05, 0) is 44.4 Å². The molecule has 0 aliphatic carbocycles. The normalized spacial score (nSPS) is 25.2. The summed E-state index contributed by atoms with van der Waals surface area (Å²) in [6.45, 7) is 4.48. The highest BCUT2D eigenvalue weighted by Crippen LogP contribution is 2.36. The maximum Gasteiger partial charge on any atom is 0.226 e. The van der Waals surface area contributed by atoms with Gasteiger partial charge in [0.1, 0.15) is 5.75 Å². The third-order valence-electron chi connectivity index (χ3n) is 4.90. The van der Waals surface area contributed by atoms with Crippen LogP contribution in [-0.4, -0.2) is 43.6 Å². The summed E-state index contributed by atoms with van der Waals surface area (Å²) >= 11 is 0. The first-order chi connectivity index (χ1) is 10.8. The minimum Gasteiger partial charge on any atom is -0.493 e. The molecule has 1 unspecified atom stereocenters. The van der Waals surface area contributed by atoms with Gasteiger partial charge in [0.2, 0.25) is 5.91 Å². The largest absolute Gasteiger partial charge is 0.493 e. The Morgan fingerprint density at radius 3 is 2.82 bits per heavy atom. The van der Waals surface area contributed by atoms with E-state index in [1.54, 1.807) is 0 Å². The van der Waals surface area contributed by atoms with Gasteiger partial charge in [-0.2, -0.15) is 0 Å². The minimum absolute atomic E-state index is 0.237. The zero-order chi connectivity index (χ0) is 15.3. The lowest BCUT2D eigenvalue weighted by Gasteiger charge is -2.45. The molecule has 1 amide bonds. The number of carbonyl (C=O) groups excluding carboxylic acids is 1. The number of hydrogen-bond acceptors (Lipinski definition) is 3. The molecule has 1 spiro atoms. The molecule has 0 bridgehead atoms. The smallest absolute Gasteiger partial charge is 0.226 e. The molecule has 0 saturated carbocycles. The number of nitrogens with one attached hydrogen (secondary N) is 1. The summed E-state index contributed by atoms with van der Waals surface area (Å²) < 4.78 is 5.64. The number of nitrogens with zero attached hydrogens (tertiary/aromatic N) is 1. The molecule has 120 valence electrons. The van der Waals surface area contributed by atoms with Crippen LogP contribution in [0.3, 0.4) is 0 Å². The first kappa shape index (κ1) is 15.3. The third kappa shape index (κ3) is 3.80. The molecular formula is C18H26N2O2. The van der Waals surface area contributed by atoms with Crippen molar-refractivity contribution in [2.75, 3.05) is 32.8 Å². The molecule has 2 heterocycles. The van der Waals surface area contributed by atoms with Crippen molar-refractivity contribution in [2.24, 2.45) is 5.41 Å². The average Bonchev–Trinajstić information content (AvgIpc) is 2.56. The Balaban J connectivity index is 1.47. The van der Waals surface area contributed by atoms with Crippen LogP contribution in [0.15, 0.2) is 30.3 Å². The van der Waals surface area contributed by atoms with Crippen LogP contribution >= 0.6 is 0 Å². The van der Waals surface area contributed by atoms with Gasteiger partial charge in [0, 0.05) is 25.0 Å². The second-order valence-corrected chi connectivity index (χ2v) is 6.61. The fraction of sp³-hybridized carbons (Fsp3) is 0.611. The van der Waals surface area contributed by atoms with Crippen molar-refractivity contribution in [3.8, 4) is 5.75 Å². The molecular weight excluding hydrogens is 276 g/mol. The summed E-state index contributed by atoms with van der Waals surface area (Å²) in [4.78, 5) is 14.5. The van der Waals surface area contributed by atoms with Gasteiger partial charge >= 0.3 is 0 Å². The Kier molecular flexibility index (Phi) is 4.98. The van der Waals surface area contributed by atoms with Crippen LogP contribution in [0.4, 0.5) is 0 Å². The van der Waals surface area contributed by atoms with Crippen LogP contribution in [-0.2, 0) is 4.79 Å². The summed E-state index contributed by atoms with van der Waals surface area (Å²) in [5.41, 5.74) is 0.326. The molecule has 2 saturated heterocycles. The minimum atomic E-state index is 0.237. The number of ether oxygens (including phenoxy) is 1. The molecule has 1 atom stereocenters. The summed E-state index contributed by atoms with van der Waals surface area (Å²) in [5, 5.41) is 3.51. The van der Waals surface area contributed by atoms with Gasteiger partial charge < -0.3 is 15.0 Å². The van der Waals surface area contributed by atoms with Crippen molar-refractivity contribution >= 4 is 5.91 Å². The van der Waals surface area contributed by atoms with Crippen LogP contribution in [0.2, 0.25) is 0 Å². The number of rotatable bonds is 4. The Morgan fingerprint density at radius 2 is 2.05 bits per heavy atom. The van der Waals surface area contributed by atoms with E-state index < -0.39 is 0 Å². The van der Waals surface area contributed by atoms with Crippen molar-refractivity contribution < 1.29 is 9.53 Å². The highest BCUT2D eigenvalue weighted by Gasteiger charge is 2.37. The summed E-state index contributed by atoms with van der Waals surface area (Å²) in [7, 11) is 0. The molecule has 1 aromatic rings. The van der Waals surface area contributed by atoms with E-state index in [0.717, 1.165) is 38.3 Å². The zero-order valence-corrected chi connectivity index (χ0v) is 13.2. The van der Waals surface area contributed by atoms with Crippen molar-refractivity contribution in [1.82, 2.24) is 10.2 Å². The lowest BCUT2D eigenvalue weighted by atomic mass is 9.74. The number of amides is 1. The molecule has 4 nitrogen and oxygen atoms in total. The second kappa shape index (κ2) is 7.14. The maximum absolute atomic E-state index is 12.4. The number of para-hydroxylation sites is 1. The lowest BCUT2D eigenvalue weighted by Crippen LogP contribution is -2.52. The van der Waals surface area contributed by atoms with E-state index in [9.17, 15) is 4.79 Å². The predicted octanol–water partition coefficient (Wildman–Crippen LogP) is 2.45. The molecule has 2 aliphatic rings. The molecule has 0 radical (unpaired) electrons. The first-order valence-electron chi connectivity index (χ1n) is 8.44. The zero-order valence-electron chi connectivity index (χ0n) is 13.2. The highest BCUT2D eigenvalue weighted by atomic mass is 16.5. The molecule has 0 aromatic heterocycles. The molecule has 3 rings (SSSR count). The maximum atomic E-state index is 12.4. The fourth-order valence-corrected chi connectivity index (χ4v) is 3.73. The van der Waals surface area contributed by atoms with Gasteiger partial charge in [-0.3, -0.25) is 4.79 Å². The molecule has 22 heavy (non-hydrogen) atoms. The molecule has 2 fully saturated rings. The first-order valence-corrected chi connectivity index (χ1v) is 8.44. The van der Waals surface area contributed by atoms with E-state index in [1.165, 1.54) is 19.3 Å². The standard InChI is InChI=1S/C18H26N2O2/c21-17(8-13-22-16-6-2-1-3-7-16)20-12-5-10-18(15-20)9-4-11-19-14-18/h1-3,6-7,19H,4-5,8-15H2. The molecule has 1 N–H and O–H groups in total. The van der Waals surface area contributed by atoms with Crippen LogP contribution in [0, 0.1) is 5.41 Å². The van der Waals surface area contributed by atoms with Gasteiger partial charge in [0.15, 0.2) is 0 Å². The predicted molar refractivity (Wildman–Crippen MR) is 86.9 cm³/mol. The van der Waals surface area contributed by atoms with Gasteiger partial charge in [-0.25, -0.2) is 0 Å². The number of benzene rings is 1. The van der Waals surface area contributed by atoms with Crippen molar-refractivity contribution in [3.63, 3.8) is 0 Å². The van der Waals surface area contributed by atoms with Crippen LogP contribution in [0.1, 0.15) is 32.1 Å². The van der Waals surface area contributed by atoms with Crippen LogP contribution in [0.5, 0.6) is 5.75 Å². The number of likely N-dealkylation sites (tertiary alicyclic amines) is 1. The second-order valence-electron chi connectivity index (χ2n) is 6.61. The Labute approximate surface area is 132 Å². The van der Waals surface area contributed by atoms with E-state index in [-0.39, 0.29) is 5.91 Å². The topological polar surface area (TPSA) is 41.6 Å². The van der Waals surface area contributed by atoms with E-state index in [4.69, 9.17) is 4.74 Å². The number of carbonyl (C=O) groups is 1. The van der Waals surface area contributed by atoms with E-state index >= 15 is 0 Å². The summed E-state index contributed by atoms with van der Waals surface area (Å²) in [6.07, 6.45) is 5.35. The quantitative estimate of drug-likeness (QED) is 0.929. The summed E-state index contributed by atoms with van der Waals surface area (Å²) in [5.74, 6) is 1.07. The lowest BCUT2D eigenvalue weighted by molar-refractivity contribution is -0.135. The van der Waals surface area contributed by atoms with Crippen LogP contribution in [0.25, 0.3) is 0 Å². The fourth-order valence-electron chi connectivity index (χ4n) is 3.73. The Hall–Kier alpha value is -1.55. The van der Waals surface area contributed by atoms with E-state index in [0.29, 0.717) is 18.4 Å². The van der Waals surface area contributed by atoms with Gasteiger partial charge in [0.25, 0.3) is 0 Å². The van der Waals surface area contributed by atoms with Crippen LogP contribution < -0.4 is 10.1 Å². The third-order valence-corrected chi connectivity index (χ3v) is 4.90. The SMILES string of the molecule is O=C(CCOc1ccccc1)N1CCCC2(CCCNC2)C1. The summed E-state index contributed by atoms with van der Waals surface area (Å²) in [6, 6.07) is 9.70. The van der Waals surface area contributed by atoms with E-state index in [2.05, 4.69) is 10.2 Å². The van der Waals surface area contributed by atoms with Gasteiger partial charge in [-0.1, -0.05) is 18.2 Å². The highest BCUT2D eigenvalue weighted by molar-refractivity contribution is 5.76. The Bertz CT molecular complexity index is 478. The molecule has 2 aliphatic heterocycles. The van der Waals surface area contributed by atoms with Gasteiger partial charge in [0.05, 0.1) is 13.0 Å². The van der Waals surface area contributed by atoms with Crippen molar-refractivity contribution in [1.29, 1.82) is 0 Å². The van der Waals surface area contributed by atoms with E-state index in [1.807, 2.05) is 30.3 Å². The van der Waals surface area contributed by atoms with Gasteiger partial charge in [-0.15, -0.1) is 0 Å². The number of hydrogen-bond donors (Lipinski definition) is 1. The average molecular weight is 302 g/mol. The number of piperidine rings is 2. The molecule has 4 heteroatoms. The molecule has 1 aromatic carbocycles. The van der Waals surface area contributed by atoms with Crippen molar-refractivity contribution in [2.45, 2.75) is 32.1 Å².